The van der Waals surface area contributed by atoms with Gasteiger partial charge in [0.25, 0.3) is 0 Å². The molecule has 2 aromatic carbocycles. The lowest BCUT2D eigenvalue weighted by Gasteiger charge is -2.28. The Balaban J connectivity index is 1.77. The molecule has 0 spiro atoms. The largest absolute Gasteiger partial charge is 0.481 e. The van der Waals surface area contributed by atoms with Crippen LogP contribution in [0.1, 0.15) is 56.6 Å². The predicted molar refractivity (Wildman–Crippen MR) is 185 cm³/mol. The molecular weight excluding hydrogens is 676 g/mol. The molecule has 0 saturated heterocycles. The van der Waals surface area contributed by atoms with Gasteiger partial charge in [-0.3, -0.25) is 19.8 Å². The summed E-state index contributed by atoms with van der Waals surface area (Å²) >= 11 is 5.84. The molecule has 49 heavy (non-hydrogen) atoms. The number of nitrogens with one attached hydrogen (secondary N) is 5. The second kappa shape index (κ2) is 17.7. The van der Waals surface area contributed by atoms with Crippen LogP contribution in [0.3, 0.4) is 0 Å². The van der Waals surface area contributed by atoms with Gasteiger partial charge in [0, 0.05) is 18.7 Å². The highest BCUT2D eigenvalue weighted by atomic mass is 35.5. The fraction of sp³-hybridized carbons (Fsp3) is 0.424. The molecule has 14 nitrogen and oxygen atoms in total. The number of fused-ring (bicyclic) bond motifs is 3. The molecule has 0 radical (unpaired) electrons. The fourth-order valence-electron chi connectivity index (χ4n) is 5.43. The molecule has 0 saturated carbocycles. The quantitative estimate of drug-likeness (QED) is 0.0718. The molecule has 266 valence electrons. The van der Waals surface area contributed by atoms with E-state index >= 15 is 0 Å². The van der Waals surface area contributed by atoms with Gasteiger partial charge in [-0.15, -0.1) is 0 Å². The van der Waals surface area contributed by atoms with Crippen LogP contribution in [-0.4, -0.2) is 80.9 Å². The van der Waals surface area contributed by atoms with Gasteiger partial charge in [-0.2, -0.15) is 0 Å². The first kappa shape index (κ1) is 38.8. The summed E-state index contributed by atoms with van der Waals surface area (Å²) in [6.07, 6.45) is 1.04. The number of ether oxygens (including phenoxy) is 1. The minimum Gasteiger partial charge on any atom is -0.481 e. The van der Waals surface area contributed by atoms with Crippen molar-refractivity contribution in [3.8, 4) is 11.1 Å². The van der Waals surface area contributed by atoms with E-state index < -0.39 is 68.5 Å². The highest BCUT2D eigenvalue weighted by Gasteiger charge is 2.33. The Hall–Kier alpha value is -4.63. The van der Waals surface area contributed by atoms with Crippen LogP contribution in [0.15, 0.2) is 59.0 Å². The van der Waals surface area contributed by atoms with E-state index in [1.807, 2.05) is 48.5 Å². The van der Waals surface area contributed by atoms with Crippen LogP contribution >= 0.6 is 11.6 Å². The fourth-order valence-corrected chi connectivity index (χ4v) is 5.99. The first-order chi connectivity index (χ1) is 23.1. The molecule has 4 atom stereocenters. The Kier molecular flexibility index (Phi) is 14.0. The maximum Gasteiger partial charge on any atom is 0.407 e. The number of benzene rings is 2. The molecule has 8 N–H and O–H groups in total. The highest BCUT2D eigenvalue weighted by molar-refractivity contribution is 7.96. The Morgan fingerprint density at radius 3 is 2.14 bits per heavy atom. The lowest BCUT2D eigenvalue weighted by Crippen LogP contribution is -2.57. The third kappa shape index (κ3) is 11.2. The number of carboxylic acids is 1. The predicted octanol–water partition coefficient (Wildman–Crippen LogP) is 2.77. The summed E-state index contributed by atoms with van der Waals surface area (Å²) in [7, 11) is -3.87. The van der Waals surface area contributed by atoms with Gasteiger partial charge in [-0.05, 0) is 47.1 Å². The average molecular weight is 719 g/mol. The van der Waals surface area contributed by atoms with Crippen LogP contribution in [0.5, 0.6) is 0 Å². The number of halogens is 1. The summed E-state index contributed by atoms with van der Waals surface area (Å²) in [6, 6.07) is 12.0. The zero-order valence-corrected chi connectivity index (χ0v) is 29.1. The van der Waals surface area contributed by atoms with E-state index in [1.54, 1.807) is 13.8 Å². The number of hydrogen-bond acceptors (Lipinski definition) is 8. The van der Waals surface area contributed by atoms with E-state index in [-0.39, 0.29) is 31.4 Å². The monoisotopic (exact) mass is 718 g/mol. The lowest BCUT2D eigenvalue weighted by molar-refractivity contribution is -0.137. The number of amides is 3. The maximum absolute atomic E-state index is 13.6. The summed E-state index contributed by atoms with van der Waals surface area (Å²) in [6.45, 7) is 3.71. The number of carbonyl (C=O) groups excluding carboxylic acids is 3. The third-order valence-electron chi connectivity index (χ3n) is 8.14. The van der Waals surface area contributed by atoms with Crippen LogP contribution in [0.2, 0.25) is 0 Å². The second-order valence-electron chi connectivity index (χ2n) is 11.8. The van der Waals surface area contributed by atoms with Gasteiger partial charge in [-0.25, -0.2) is 13.2 Å². The van der Waals surface area contributed by atoms with Crippen molar-refractivity contribution in [2.75, 3.05) is 19.4 Å². The van der Waals surface area contributed by atoms with Crippen LogP contribution < -0.4 is 27.0 Å². The summed E-state index contributed by atoms with van der Waals surface area (Å²) in [5.74, 6) is -3.75. The Morgan fingerprint density at radius 2 is 1.61 bits per heavy atom. The van der Waals surface area contributed by atoms with E-state index in [0.717, 1.165) is 34.6 Å². The topological polar surface area (TPSA) is 230 Å². The molecule has 0 fully saturated rings. The molecule has 1 aliphatic carbocycles. The first-order valence-electron chi connectivity index (χ1n) is 15.7. The number of rotatable bonds is 17. The van der Waals surface area contributed by atoms with Crippen molar-refractivity contribution >= 4 is 51.3 Å². The Bertz CT molecular complexity index is 1640. The smallest absolute Gasteiger partial charge is 0.407 e. The number of nitrogens with two attached hydrogens (primary N) is 1. The molecular formula is C33H43ClN6O8S. The van der Waals surface area contributed by atoms with Gasteiger partial charge in [0.05, 0.1) is 12.5 Å². The number of carboxylic acid groups (broad SMARTS) is 1. The van der Waals surface area contributed by atoms with Crippen molar-refractivity contribution < 1.29 is 37.4 Å². The zero-order chi connectivity index (χ0) is 36.3. The molecule has 0 bridgehead atoms. The van der Waals surface area contributed by atoms with Gasteiger partial charge < -0.3 is 36.8 Å². The second-order valence-corrected chi connectivity index (χ2v) is 14.4. The van der Waals surface area contributed by atoms with Crippen molar-refractivity contribution in [3.05, 3.63) is 70.1 Å². The molecule has 0 aliphatic heterocycles. The molecule has 0 heterocycles. The zero-order valence-electron chi connectivity index (χ0n) is 27.5. The van der Waals surface area contributed by atoms with E-state index in [4.69, 9.17) is 27.5 Å². The first-order valence-corrected chi connectivity index (χ1v) is 18.0. The third-order valence-corrected chi connectivity index (χ3v) is 9.95. The summed E-state index contributed by atoms with van der Waals surface area (Å²) in [4.78, 5) is 51.7. The molecule has 2 unspecified atom stereocenters. The molecule has 0 aromatic heterocycles. The number of hydrogen-bond donors (Lipinski definition) is 7. The van der Waals surface area contributed by atoms with E-state index in [1.165, 1.54) is 0 Å². The molecule has 16 heteroatoms. The maximum atomic E-state index is 13.6. The van der Waals surface area contributed by atoms with E-state index in [9.17, 15) is 32.7 Å². The normalized spacial score (nSPS) is 15.1. The summed E-state index contributed by atoms with van der Waals surface area (Å²) in [5, 5.41) is 27.1. The molecule has 3 amide bonds. The minimum absolute atomic E-state index is 0.00646. The van der Waals surface area contributed by atoms with E-state index in [0.29, 0.717) is 12.8 Å². The standard InChI is InChI=1S/C33H43ClN6O8S/c1-4-19(2)29(31(44)38-20(17-28(41)42)16-27(34)49(3,46)47)40-30(43)26(14-9-15-37-32(35)36)39-33(45)48-18-25-23-12-7-5-10-21(23)22-11-6-8-13-24(22)25/h5-8,10-13,16,19-20,25-26,29H,4,9,14-15,17-18H2,1-3H3,(H,38,44)(H,39,45)(H,40,43)(H,41,42)(H4,35,36,37)/b27-16+/t19?,20-,26+,29?/m1/s1. The van der Waals surface area contributed by atoms with Gasteiger partial charge in [0.15, 0.2) is 15.8 Å². The number of aliphatic carboxylic acids is 1. The lowest BCUT2D eigenvalue weighted by atomic mass is 9.97. The van der Waals surface area contributed by atoms with Crippen LogP contribution in [0.4, 0.5) is 4.79 Å². The Morgan fingerprint density at radius 1 is 1.02 bits per heavy atom. The summed E-state index contributed by atoms with van der Waals surface area (Å²) in [5.41, 5.74) is 9.49. The highest BCUT2D eigenvalue weighted by Crippen LogP contribution is 2.44. The van der Waals surface area contributed by atoms with Crippen molar-refractivity contribution in [1.82, 2.24) is 21.3 Å². The van der Waals surface area contributed by atoms with Gasteiger partial charge in [0.2, 0.25) is 11.8 Å². The van der Waals surface area contributed by atoms with E-state index in [2.05, 4.69) is 21.3 Å². The Labute approximate surface area is 290 Å². The van der Waals surface area contributed by atoms with Crippen LogP contribution in [0, 0.1) is 11.3 Å². The van der Waals surface area contributed by atoms with Crippen molar-refractivity contribution in [2.24, 2.45) is 11.7 Å². The number of alkyl carbamates (subject to hydrolysis) is 1. The molecule has 3 rings (SSSR count). The van der Waals surface area contributed by atoms with Crippen molar-refractivity contribution in [1.29, 1.82) is 5.41 Å². The van der Waals surface area contributed by atoms with Crippen LogP contribution in [0.25, 0.3) is 11.1 Å². The average Bonchev–Trinajstić information content (AvgIpc) is 3.36. The number of guanidine groups is 1. The summed E-state index contributed by atoms with van der Waals surface area (Å²) < 4.78 is 28.6. The number of carbonyl (C=O) groups is 4. The minimum atomic E-state index is -3.87. The molecule has 1 aliphatic rings. The number of sulfone groups is 1. The van der Waals surface area contributed by atoms with Gasteiger partial charge in [0.1, 0.15) is 23.1 Å². The molecule has 2 aromatic rings. The van der Waals surface area contributed by atoms with Crippen LogP contribution in [-0.2, 0) is 29.0 Å². The van der Waals surface area contributed by atoms with Crippen molar-refractivity contribution in [2.45, 2.75) is 63.6 Å². The van der Waals surface area contributed by atoms with Crippen molar-refractivity contribution in [3.63, 3.8) is 0 Å². The van der Waals surface area contributed by atoms with Gasteiger partial charge >= 0.3 is 12.1 Å². The SMILES string of the molecule is CCC(C)C(NC(=O)[C@H](CCCNC(=N)N)NC(=O)OCC1c2ccccc2-c2ccccc21)C(=O)N[C@H](/C=C(\Cl)S(C)(=O)=O)CC(=O)O. The van der Waals surface area contributed by atoms with Gasteiger partial charge in [-0.1, -0.05) is 80.4 Å².